The predicted molar refractivity (Wildman–Crippen MR) is 76.1 cm³/mol. The number of carbonyl (C=O) groups excluding carboxylic acids is 1. The van der Waals surface area contributed by atoms with Crippen LogP contribution < -0.4 is 5.32 Å². The molecule has 0 saturated carbocycles. The standard InChI is InChI=1S/C13H14BrN3O2/c1-3-10(14)12(18)16-11-7-5-4-6-9(11)13-15-8(2)17-19-13/h4-7,10H,3H2,1-2H3,(H,16,18). The van der Waals surface area contributed by atoms with E-state index in [9.17, 15) is 4.79 Å². The fourth-order valence-corrected chi connectivity index (χ4v) is 1.70. The van der Waals surface area contributed by atoms with E-state index in [1.807, 2.05) is 31.2 Å². The van der Waals surface area contributed by atoms with Crippen LogP contribution in [0.2, 0.25) is 0 Å². The molecule has 1 aromatic carbocycles. The van der Waals surface area contributed by atoms with Crippen molar-refractivity contribution in [1.82, 2.24) is 10.1 Å². The van der Waals surface area contributed by atoms with Gasteiger partial charge in [-0.15, -0.1) is 0 Å². The van der Waals surface area contributed by atoms with Gasteiger partial charge in [0.1, 0.15) is 0 Å². The summed E-state index contributed by atoms with van der Waals surface area (Å²) in [6.45, 7) is 3.69. The largest absolute Gasteiger partial charge is 0.334 e. The van der Waals surface area contributed by atoms with Crippen LogP contribution in [-0.2, 0) is 4.79 Å². The molecule has 2 aromatic rings. The molecule has 100 valence electrons. The van der Waals surface area contributed by atoms with Gasteiger partial charge in [0.2, 0.25) is 5.91 Å². The van der Waals surface area contributed by atoms with Crippen LogP contribution >= 0.6 is 15.9 Å². The number of para-hydroxylation sites is 1. The molecule has 0 radical (unpaired) electrons. The van der Waals surface area contributed by atoms with Crippen molar-refractivity contribution in [3.8, 4) is 11.5 Å². The summed E-state index contributed by atoms with van der Waals surface area (Å²) in [7, 11) is 0. The summed E-state index contributed by atoms with van der Waals surface area (Å²) >= 11 is 3.32. The number of anilines is 1. The van der Waals surface area contributed by atoms with Crippen LogP contribution in [0.15, 0.2) is 28.8 Å². The van der Waals surface area contributed by atoms with E-state index in [2.05, 4.69) is 31.4 Å². The van der Waals surface area contributed by atoms with Gasteiger partial charge in [0.15, 0.2) is 5.82 Å². The summed E-state index contributed by atoms with van der Waals surface area (Å²) in [5.41, 5.74) is 1.38. The number of carbonyl (C=O) groups is 1. The average Bonchev–Trinajstić information content (AvgIpc) is 2.85. The van der Waals surface area contributed by atoms with Crippen LogP contribution in [0.5, 0.6) is 0 Å². The molecule has 5 nitrogen and oxygen atoms in total. The number of halogens is 1. The number of benzene rings is 1. The first-order valence-corrected chi connectivity index (χ1v) is 6.88. The molecule has 0 aliphatic heterocycles. The minimum atomic E-state index is -0.218. The SMILES string of the molecule is CCC(Br)C(=O)Nc1ccccc1-c1nc(C)no1. The number of hydrogen-bond donors (Lipinski definition) is 1. The lowest BCUT2D eigenvalue weighted by Gasteiger charge is -2.10. The van der Waals surface area contributed by atoms with E-state index in [1.54, 1.807) is 6.92 Å². The van der Waals surface area contributed by atoms with Crippen LogP contribution in [0.1, 0.15) is 19.2 Å². The lowest BCUT2D eigenvalue weighted by atomic mass is 10.1. The van der Waals surface area contributed by atoms with E-state index < -0.39 is 0 Å². The van der Waals surface area contributed by atoms with Crippen molar-refractivity contribution >= 4 is 27.5 Å². The third kappa shape index (κ3) is 3.20. The topological polar surface area (TPSA) is 68.0 Å². The molecule has 0 aliphatic rings. The first-order chi connectivity index (χ1) is 9.11. The minimum absolute atomic E-state index is 0.0915. The lowest BCUT2D eigenvalue weighted by molar-refractivity contribution is -0.115. The summed E-state index contributed by atoms with van der Waals surface area (Å²) in [4.78, 5) is 15.9. The van der Waals surface area contributed by atoms with E-state index in [0.29, 0.717) is 29.4 Å². The van der Waals surface area contributed by atoms with Gasteiger partial charge in [0.25, 0.3) is 5.89 Å². The zero-order valence-corrected chi connectivity index (χ0v) is 12.3. The third-order valence-electron chi connectivity index (χ3n) is 2.59. The Balaban J connectivity index is 2.29. The normalized spacial score (nSPS) is 12.2. The molecule has 0 fully saturated rings. The molecule has 1 unspecified atom stereocenters. The predicted octanol–water partition coefficient (Wildman–Crippen LogP) is 3.16. The van der Waals surface area contributed by atoms with Gasteiger partial charge in [-0.05, 0) is 25.5 Å². The second-order valence-electron chi connectivity index (χ2n) is 4.06. The second-order valence-corrected chi connectivity index (χ2v) is 5.16. The first-order valence-electron chi connectivity index (χ1n) is 5.96. The molecule has 0 bridgehead atoms. The number of hydrogen-bond acceptors (Lipinski definition) is 4. The van der Waals surface area contributed by atoms with Gasteiger partial charge in [-0.3, -0.25) is 4.79 Å². The van der Waals surface area contributed by atoms with Gasteiger partial charge in [-0.2, -0.15) is 4.98 Å². The van der Waals surface area contributed by atoms with Gasteiger partial charge in [-0.1, -0.05) is 40.1 Å². The molecule has 1 aromatic heterocycles. The molecule has 2 rings (SSSR count). The minimum Gasteiger partial charge on any atom is -0.334 e. The second kappa shape index (κ2) is 5.97. The lowest BCUT2D eigenvalue weighted by Crippen LogP contribution is -2.22. The van der Waals surface area contributed by atoms with Gasteiger partial charge in [-0.25, -0.2) is 0 Å². The van der Waals surface area contributed by atoms with Crippen molar-refractivity contribution < 1.29 is 9.32 Å². The Kier molecular flexibility index (Phi) is 4.31. The smallest absolute Gasteiger partial charge is 0.260 e. The Hall–Kier alpha value is -1.69. The van der Waals surface area contributed by atoms with Crippen molar-refractivity contribution in [3.05, 3.63) is 30.1 Å². The Morgan fingerprint density at radius 2 is 2.21 bits per heavy atom. The Bertz CT molecular complexity index is 583. The molecule has 1 amide bonds. The molecular formula is C13H14BrN3O2. The van der Waals surface area contributed by atoms with Gasteiger partial charge in [0.05, 0.1) is 16.1 Å². The molecule has 0 spiro atoms. The van der Waals surface area contributed by atoms with E-state index in [4.69, 9.17) is 4.52 Å². The third-order valence-corrected chi connectivity index (χ3v) is 3.65. The molecule has 1 heterocycles. The molecule has 6 heteroatoms. The quantitative estimate of drug-likeness (QED) is 0.877. The zero-order chi connectivity index (χ0) is 13.8. The zero-order valence-electron chi connectivity index (χ0n) is 10.7. The van der Waals surface area contributed by atoms with E-state index in [1.165, 1.54) is 0 Å². The first kappa shape index (κ1) is 13.7. The van der Waals surface area contributed by atoms with Gasteiger partial charge in [0, 0.05) is 0 Å². The van der Waals surface area contributed by atoms with Crippen LogP contribution in [-0.4, -0.2) is 20.9 Å². The van der Waals surface area contributed by atoms with E-state index in [-0.39, 0.29) is 10.7 Å². The Labute approximate surface area is 119 Å². The van der Waals surface area contributed by atoms with Crippen LogP contribution in [0.3, 0.4) is 0 Å². The van der Waals surface area contributed by atoms with E-state index >= 15 is 0 Å². The summed E-state index contributed by atoms with van der Waals surface area (Å²) in [6, 6.07) is 7.34. The van der Waals surface area contributed by atoms with Crippen molar-refractivity contribution in [2.45, 2.75) is 25.1 Å². The summed E-state index contributed by atoms with van der Waals surface area (Å²) in [6.07, 6.45) is 0.716. The fourth-order valence-electron chi connectivity index (χ4n) is 1.58. The maximum absolute atomic E-state index is 11.9. The highest BCUT2D eigenvalue weighted by Crippen LogP contribution is 2.26. The number of aromatic nitrogens is 2. The summed E-state index contributed by atoms with van der Waals surface area (Å²) in [5.74, 6) is 0.866. The summed E-state index contributed by atoms with van der Waals surface area (Å²) in [5, 5.41) is 6.61. The van der Waals surface area contributed by atoms with Crippen molar-refractivity contribution in [1.29, 1.82) is 0 Å². The molecule has 1 atom stereocenters. The molecule has 19 heavy (non-hydrogen) atoms. The van der Waals surface area contributed by atoms with Crippen molar-refractivity contribution in [3.63, 3.8) is 0 Å². The molecule has 1 N–H and O–H groups in total. The molecular weight excluding hydrogens is 310 g/mol. The number of amides is 1. The monoisotopic (exact) mass is 323 g/mol. The van der Waals surface area contributed by atoms with Crippen LogP contribution in [0, 0.1) is 6.92 Å². The highest BCUT2D eigenvalue weighted by molar-refractivity contribution is 9.10. The Morgan fingerprint density at radius 1 is 1.47 bits per heavy atom. The maximum Gasteiger partial charge on any atom is 0.260 e. The van der Waals surface area contributed by atoms with Crippen molar-refractivity contribution in [2.75, 3.05) is 5.32 Å². The number of aryl methyl sites for hydroxylation is 1. The number of nitrogens with one attached hydrogen (secondary N) is 1. The summed E-state index contributed by atoms with van der Waals surface area (Å²) < 4.78 is 5.14. The Morgan fingerprint density at radius 3 is 2.84 bits per heavy atom. The number of alkyl halides is 1. The number of rotatable bonds is 4. The average molecular weight is 324 g/mol. The highest BCUT2D eigenvalue weighted by atomic mass is 79.9. The maximum atomic E-state index is 11.9. The fraction of sp³-hybridized carbons (Fsp3) is 0.308. The van der Waals surface area contributed by atoms with E-state index in [0.717, 1.165) is 0 Å². The molecule has 0 saturated heterocycles. The highest BCUT2D eigenvalue weighted by Gasteiger charge is 2.16. The van der Waals surface area contributed by atoms with Crippen LogP contribution in [0.4, 0.5) is 5.69 Å². The van der Waals surface area contributed by atoms with Gasteiger partial charge >= 0.3 is 0 Å². The number of nitrogens with zero attached hydrogens (tertiary/aromatic N) is 2. The van der Waals surface area contributed by atoms with Crippen LogP contribution in [0.25, 0.3) is 11.5 Å². The van der Waals surface area contributed by atoms with Gasteiger partial charge < -0.3 is 9.84 Å². The molecule has 0 aliphatic carbocycles. The van der Waals surface area contributed by atoms with Crippen molar-refractivity contribution in [2.24, 2.45) is 0 Å².